The van der Waals surface area contributed by atoms with Gasteiger partial charge in [-0.25, -0.2) is 9.97 Å². The molecule has 0 aliphatic carbocycles. The number of fused-ring (bicyclic) bond motifs is 4. The van der Waals surface area contributed by atoms with Crippen molar-refractivity contribution in [3.8, 4) is 0 Å². The second-order valence-corrected chi connectivity index (χ2v) is 6.77. The lowest BCUT2D eigenvalue weighted by molar-refractivity contribution is -0.124. The summed E-state index contributed by atoms with van der Waals surface area (Å²) >= 11 is 0. The summed E-state index contributed by atoms with van der Waals surface area (Å²) in [7, 11) is 0. The molecule has 0 saturated carbocycles. The van der Waals surface area contributed by atoms with Crippen molar-refractivity contribution in [1.29, 1.82) is 0 Å². The van der Waals surface area contributed by atoms with Gasteiger partial charge in [-0.15, -0.1) is 0 Å². The smallest absolute Gasteiger partial charge is 0.224 e. The summed E-state index contributed by atoms with van der Waals surface area (Å²) in [6.45, 7) is 4.54. The van der Waals surface area contributed by atoms with Crippen molar-refractivity contribution in [2.45, 2.75) is 38.8 Å². The Balaban J connectivity index is 1.60. The Hall–Kier alpha value is -2.01. The highest BCUT2D eigenvalue weighted by atomic mass is 16.2. The Labute approximate surface area is 136 Å². The van der Waals surface area contributed by atoms with E-state index in [0.29, 0.717) is 0 Å². The van der Waals surface area contributed by atoms with Gasteiger partial charge in [-0.1, -0.05) is 18.6 Å². The minimum Gasteiger partial charge on any atom is -0.352 e. The Morgan fingerprint density at radius 1 is 1.17 bits per heavy atom. The SMILES string of the molecule is Cc1nc2ccccc2nc1CN1C[C@H]2CCC[C@@H](C1)C(=O)N2. The summed E-state index contributed by atoms with van der Waals surface area (Å²) in [5, 5.41) is 3.18. The van der Waals surface area contributed by atoms with Crippen molar-refractivity contribution in [3.05, 3.63) is 35.7 Å². The van der Waals surface area contributed by atoms with Crippen LogP contribution in [0, 0.1) is 12.8 Å². The normalized spacial score (nSPS) is 25.2. The van der Waals surface area contributed by atoms with Crippen LogP contribution in [0.1, 0.15) is 30.7 Å². The maximum Gasteiger partial charge on any atom is 0.224 e. The van der Waals surface area contributed by atoms with E-state index in [-0.39, 0.29) is 17.9 Å². The predicted octanol–water partition coefficient (Wildman–Crippen LogP) is 2.04. The van der Waals surface area contributed by atoms with Gasteiger partial charge in [-0.2, -0.15) is 0 Å². The van der Waals surface area contributed by atoms with Gasteiger partial charge < -0.3 is 5.32 Å². The van der Waals surface area contributed by atoms with Gasteiger partial charge in [0, 0.05) is 25.7 Å². The summed E-state index contributed by atoms with van der Waals surface area (Å²) in [6, 6.07) is 8.27. The zero-order valence-electron chi connectivity index (χ0n) is 13.5. The van der Waals surface area contributed by atoms with Crippen LogP contribution in [0.25, 0.3) is 11.0 Å². The number of benzene rings is 1. The third-order valence-electron chi connectivity index (χ3n) is 5.00. The molecule has 4 rings (SSSR count). The average Bonchev–Trinajstić information content (AvgIpc) is 2.77. The quantitative estimate of drug-likeness (QED) is 0.922. The number of carbonyl (C=O) groups is 1. The molecule has 0 spiro atoms. The van der Waals surface area contributed by atoms with E-state index in [1.165, 1.54) is 0 Å². The summed E-state index contributed by atoms with van der Waals surface area (Å²) in [4.78, 5) is 24.0. The fourth-order valence-corrected chi connectivity index (χ4v) is 3.76. The molecular weight excluding hydrogens is 288 g/mol. The fourth-order valence-electron chi connectivity index (χ4n) is 3.76. The van der Waals surface area contributed by atoms with Crippen molar-refractivity contribution in [2.24, 2.45) is 5.92 Å². The van der Waals surface area contributed by atoms with Gasteiger partial charge in [0.1, 0.15) is 0 Å². The topological polar surface area (TPSA) is 58.1 Å². The van der Waals surface area contributed by atoms with Crippen LogP contribution in [0.3, 0.4) is 0 Å². The molecule has 5 heteroatoms. The lowest BCUT2D eigenvalue weighted by atomic mass is 9.99. The molecule has 5 nitrogen and oxygen atoms in total. The van der Waals surface area contributed by atoms with Crippen molar-refractivity contribution in [3.63, 3.8) is 0 Å². The van der Waals surface area contributed by atoms with Gasteiger partial charge in [0.25, 0.3) is 0 Å². The molecule has 1 aromatic carbocycles. The molecule has 0 radical (unpaired) electrons. The van der Waals surface area contributed by atoms with Crippen molar-refractivity contribution in [1.82, 2.24) is 20.2 Å². The van der Waals surface area contributed by atoms with E-state index < -0.39 is 0 Å². The molecule has 1 aromatic heterocycles. The Morgan fingerprint density at radius 2 is 1.96 bits per heavy atom. The van der Waals surface area contributed by atoms with Crippen molar-refractivity contribution >= 4 is 16.9 Å². The molecule has 120 valence electrons. The van der Waals surface area contributed by atoms with Crippen LogP contribution in [-0.2, 0) is 11.3 Å². The first-order valence-electron chi connectivity index (χ1n) is 8.44. The zero-order chi connectivity index (χ0) is 15.8. The van der Waals surface area contributed by atoms with Crippen LogP contribution in [-0.4, -0.2) is 39.9 Å². The van der Waals surface area contributed by atoms with Gasteiger partial charge in [0.15, 0.2) is 0 Å². The molecule has 1 amide bonds. The number of amides is 1. The number of nitrogens with zero attached hydrogens (tertiary/aromatic N) is 3. The molecule has 2 aromatic rings. The highest BCUT2D eigenvalue weighted by Crippen LogP contribution is 2.23. The number of para-hydroxylation sites is 2. The Bertz CT molecular complexity index is 745. The number of rotatable bonds is 2. The minimum atomic E-state index is 0.122. The molecular formula is C18H22N4O. The standard InChI is InChI=1S/C18H22N4O/c1-12-17(21-16-8-3-2-7-15(16)19-12)11-22-9-13-5-4-6-14(10-22)20-18(13)23/h2-3,7-8,13-14H,4-6,9-11H2,1H3,(H,20,23)/t13-,14+/m0/s1. The summed E-state index contributed by atoms with van der Waals surface area (Å²) in [5.41, 5.74) is 3.89. The molecule has 0 unspecified atom stereocenters. The van der Waals surface area contributed by atoms with Crippen molar-refractivity contribution < 1.29 is 4.79 Å². The summed E-state index contributed by atoms with van der Waals surface area (Å²) in [5.74, 6) is 0.354. The van der Waals surface area contributed by atoms with Crippen LogP contribution in [0.2, 0.25) is 0 Å². The second-order valence-electron chi connectivity index (χ2n) is 6.77. The van der Waals surface area contributed by atoms with E-state index in [1.807, 2.05) is 31.2 Å². The lowest BCUT2D eigenvalue weighted by Crippen LogP contribution is -2.38. The molecule has 2 aliphatic heterocycles. The molecule has 23 heavy (non-hydrogen) atoms. The van der Waals surface area contributed by atoms with E-state index in [0.717, 1.165) is 61.3 Å². The van der Waals surface area contributed by atoms with Crippen molar-refractivity contribution in [2.75, 3.05) is 13.1 Å². The van der Waals surface area contributed by atoms with E-state index >= 15 is 0 Å². The largest absolute Gasteiger partial charge is 0.352 e. The number of hydrogen-bond acceptors (Lipinski definition) is 4. The van der Waals surface area contributed by atoms with Crippen LogP contribution in [0.4, 0.5) is 0 Å². The van der Waals surface area contributed by atoms with Crippen LogP contribution < -0.4 is 5.32 Å². The fraction of sp³-hybridized carbons (Fsp3) is 0.500. The summed E-state index contributed by atoms with van der Waals surface area (Å²) < 4.78 is 0. The maximum atomic E-state index is 12.2. The molecule has 3 heterocycles. The number of hydrogen-bond donors (Lipinski definition) is 1. The zero-order valence-corrected chi connectivity index (χ0v) is 13.5. The van der Waals surface area contributed by atoms with Crippen LogP contribution >= 0.6 is 0 Å². The first-order chi connectivity index (χ1) is 11.2. The van der Waals surface area contributed by atoms with E-state index in [1.54, 1.807) is 0 Å². The minimum absolute atomic E-state index is 0.122. The van der Waals surface area contributed by atoms with Gasteiger partial charge in [0.2, 0.25) is 5.91 Å². The van der Waals surface area contributed by atoms with Gasteiger partial charge in [-0.05, 0) is 31.9 Å². The monoisotopic (exact) mass is 310 g/mol. The van der Waals surface area contributed by atoms with Gasteiger partial charge >= 0.3 is 0 Å². The third kappa shape index (κ3) is 2.93. The first-order valence-corrected chi connectivity index (χ1v) is 8.44. The molecule has 2 atom stereocenters. The van der Waals surface area contributed by atoms with E-state index in [2.05, 4.69) is 15.2 Å². The first kappa shape index (κ1) is 14.6. The Kier molecular flexibility index (Phi) is 3.73. The molecule has 2 saturated heterocycles. The molecule has 2 bridgehead atoms. The van der Waals surface area contributed by atoms with Gasteiger partial charge in [0.05, 0.1) is 28.3 Å². The second kappa shape index (κ2) is 5.89. The lowest BCUT2D eigenvalue weighted by Gasteiger charge is -2.27. The van der Waals surface area contributed by atoms with Crippen LogP contribution in [0.15, 0.2) is 24.3 Å². The Morgan fingerprint density at radius 3 is 2.78 bits per heavy atom. The van der Waals surface area contributed by atoms with Crippen LogP contribution in [0.5, 0.6) is 0 Å². The third-order valence-corrected chi connectivity index (χ3v) is 5.00. The average molecular weight is 310 g/mol. The highest BCUT2D eigenvalue weighted by molar-refractivity contribution is 5.79. The molecule has 2 aliphatic rings. The molecule has 2 fully saturated rings. The van der Waals surface area contributed by atoms with Gasteiger partial charge in [-0.3, -0.25) is 9.69 Å². The number of carbonyl (C=O) groups excluding carboxylic acids is 1. The number of aryl methyl sites for hydroxylation is 1. The number of aromatic nitrogens is 2. The number of nitrogens with one attached hydrogen (secondary N) is 1. The number of likely N-dealkylation sites (tertiary alicyclic amines) is 1. The van der Waals surface area contributed by atoms with E-state index in [9.17, 15) is 4.79 Å². The highest BCUT2D eigenvalue weighted by Gasteiger charge is 2.32. The molecule has 1 N–H and O–H groups in total. The summed E-state index contributed by atoms with van der Waals surface area (Å²) in [6.07, 6.45) is 3.24. The maximum absolute atomic E-state index is 12.2. The van der Waals surface area contributed by atoms with E-state index in [4.69, 9.17) is 4.98 Å². The predicted molar refractivity (Wildman–Crippen MR) is 88.8 cm³/mol.